The molecule has 5 nitrogen and oxygen atoms in total. The van der Waals surface area contributed by atoms with E-state index in [1.165, 1.54) is 23.9 Å². The molecule has 0 atom stereocenters. The van der Waals surface area contributed by atoms with Crippen molar-refractivity contribution >= 4 is 46.2 Å². The highest BCUT2D eigenvalue weighted by Gasteiger charge is 2.24. The van der Waals surface area contributed by atoms with Crippen molar-refractivity contribution < 1.29 is 18.7 Å². The number of para-hydroxylation sites is 1. The summed E-state index contributed by atoms with van der Waals surface area (Å²) >= 11 is 7.37. The lowest BCUT2D eigenvalue weighted by molar-refractivity contribution is -0.115. The Morgan fingerprint density at radius 1 is 1.09 bits per heavy atom. The van der Waals surface area contributed by atoms with Crippen LogP contribution in [0.4, 0.5) is 10.1 Å². The molecule has 3 aromatic rings. The first kappa shape index (κ1) is 21.9. The molecule has 1 amide bonds. The molecule has 0 aromatic heterocycles. The number of amides is 1. The molecule has 0 spiro atoms. The van der Waals surface area contributed by atoms with E-state index in [-0.39, 0.29) is 18.3 Å². The summed E-state index contributed by atoms with van der Waals surface area (Å²) in [5, 5.41) is 3.71. The van der Waals surface area contributed by atoms with Crippen molar-refractivity contribution in [2.45, 2.75) is 6.61 Å². The molecule has 162 valence electrons. The average Bonchev–Trinajstić information content (AvgIpc) is 3.14. The van der Waals surface area contributed by atoms with E-state index >= 15 is 0 Å². The number of rotatable bonds is 6. The van der Waals surface area contributed by atoms with Gasteiger partial charge in [0, 0.05) is 0 Å². The number of benzene rings is 3. The van der Waals surface area contributed by atoms with Crippen LogP contribution in [0.1, 0.15) is 11.1 Å². The average molecular weight is 469 g/mol. The monoisotopic (exact) mass is 468 g/mol. The minimum Gasteiger partial charge on any atom is -0.493 e. The smallest absolute Gasteiger partial charge is 0.264 e. The predicted octanol–water partition coefficient (Wildman–Crippen LogP) is 5.96. The maximum atomic E-state index is 13.0. The van der Waals surface area contributed by atoms with Crippen LogP contribution in [0.3, 0.4) is 0 Å². The third-order valence-corrected chi connectivity index (χ3v) is 5.75. The highest BCUT2D eigenvalue weighted by molar-refractivity contribution is 8.18. The number of hydrogen-bond acceptors (Lipinski definition) is 5. The lowest BCUT2D eigenvalue weighted by atomic mass is 10.2. The van der Waals surface area contributed by atoms with Crippen molar-refractivity contribution in [3.05, 3.63) is 93.6 Å². The lowest BCUT2D eigenvalue weighted by Crippen LogP contribution is -2.19. The molecule has 0 saturated carbocycles. The second-order valence-corrected chi connectivity index (χ2v) is 8.20. The summed E-state index contributed by atoms with van der Waals surface area (Å²) in [6.45, 7) is 0.275. The molecular formula is C24H18ClFN2O3S. The van der Waals surface area contributed by atoms with Gasteiger partial charge in [-0.3, -0.25) is 4.79 Å². The van der Waals surface area contributed by atoms with Crippen LogP contribution in [-0.4, -0.2) is 18.2 Å². The Balaban J connectivity index is 1.49. The van der Waals surface area contributed by atoms with E-state index in [9.17, 15) is 9.18 Å². The summed E-state index contributed by atoms with van der Waals surface area (Å²) in [6.07, 6.45) is 1.75. The first-order chi connectivity index (χ1) is 15.5. The van der Waals surface area contributed by atoms with Crippen LogP contribution in [0.5, 0.6) is 11.5 Å². The van der Waals surface area contributed by atoms with Crippen molar-refractivity contribution in [1.82, 2.24) is 5.32 Å². The van der Waals surface area contributed by atoms with Crippen LogP contribution in [0, 0.1) is 5.82 Å². The molecule has 4 rings (SSSR count). The zero-order valence-corrected chi connectivity index (χ0v) is 18.5. The molecular weight excluding hydrogens is 451 g/mol. The SMILES string of the molecule is COc1cc(/C=C2/SC(=Nc3ccccc3Cl)NC2=O)ccc1OCc1ccc(F)cc1. The third kappa shape index (κ3) is 5.30. The van der Waals surface area contributed by atoms with Gasteiger partial charge in [-0.15, -0.1) is 0 Å². The van der Waals surface area contributed by atoms with E-state index in [1.54, 1.807) is 49.6 Å². The van der Waals surface area contributed by atoms with Gasteiger partial charge in [-0.1, -0.05) is 41.9 Å². The molecule has 1 fully saturated rings. The summed E-state index contributed by atoms with van der Waals surface area (Å²) in [5.41, 5.74) is 2.19. The van der Waals surface area contributed by atoms with E-state index < -0.39 is 0 Å². The highest BCUT2D eigenvalue weighted by Crippen LogP contribution is 2.33. The third-order valence-electron chi connectivity index (χ3n) is 4.52. The second-order valence-electron chi connectivity index (χ2n) is 6.76. The van der Waals surface area contributed by atoms with Gasteiger partial charge in [0.25, 0.3) is 5.91 Å². The van der Waals surface area contributed by atoms with Crippen molar-refractivity contribution in [3.8, 4) is 11.5 Å². The van der Waals surface area contributed by atoms with E-state index in [2.05, 4.69) is 10.3 Å². The predicted molar refractivity (Wildman–Crippen MR) is 126 cm³/mol. The standard InChI is InChI=1S/C24H18ClFN2O3S/c1-30-21-12-16(8-11-20(21)31-14-15-6-9-17(26)10-7-15)13-22-23(29)28-24(32-22)27-19-5-3-2-4-18(19)25/h2-13H,14H2,1H3,(H,27,28,29)/b22-13+. The van der Waals surface area contributed by atoms with Crippen molar-refractivity contribution in [2.75, 3.05) is 7.11 Å². The van der Waals surface area contributed by atoms with Gasteiger partial charge in [-0.25, -0.2) is 9.38 Å². The van der Waals surface area contributed by atoms with Gasteiger partial charge in [-0.2, -0.15) is 0 Å². The number of amidine groups is 1. The molecule has 8 heteroatoms. The maximum Gasteiger partial charge on any atom is 0.264 e. The Labute approximate surface area is 193 Å². The van der Waals surface area contributed by atoms with Crippen molar-refractivity contribution in [1.29, 1.82) is 0 Å². The lowest BCUT2D eigenvalue weighted by Gasteiger charge is -2.11. The molecule has 1 N–H and O–H groups in total. The first-order valence-electron chi connectivity index (χ1n) is 9.61. The maximum absolute atomic E-state index is 13.0. The summed E-state index contributed by atoms with van der Waals surface area (Å²) < 4.78 is 24.3. The van der Waals surface area contributed by atoms with Crippen LogP contribution in [0.2, 0.25) is 5.02 Å². The number of methoxy groups -OCH3 is 1. The number of nitrogens with one attached hydrogen (secondary N) is 1. The number of ether oxygens (including phenoxy) is 2. The molecule has 1 heterocycles. The number of aliphatic imine (C=N–C) groups is 1. The van der Waals surface area contributed by atoms with Gasteiger partial charge < -0.3 is 14.8 Å². The highest BCUT2D eigenvalue weighted by atomic mass is 35.5. The summed E-state index contributed by atoms with van der Waals surface area (Å²) in [5.74, 6) is 0.535. The quantitative estimate of drug-likeness (QED) is 0.453. The van der Waals surface area contributed by atoms with Gasteiger partial charge in [0.15, 0.2) is 16.7 Å². The van der Waals surface area contributed by atoms with E-state index in [1.807, 2.05) is 18.2 Å². The minimum atomic E-state index is -0.294. The number of carbonyl (C=O) groups is 1. The van der Waals surface area contributed by atoms with E-state index in [0.717, 1.165) is 11.1 Å². The first-order valence-corrected chi connectivity index (χ1v) is 10.8. The van der Waals surface area contributed by atoms with Crippen LogP contribution >= 0.6 is 23.4 Å². The Morgan fingerprint density at radius 2 is 1.88 bits per heavy atom. The van der Waals surface area contributed by atoms with E-state index in [4.69, 9.17) is 21.1 Å². The molecule has 0 bridgehead atoms. The fourth-order valence-electron chi connectivity index (χ4n) is 2.92. The van der Waals surface area contributed by atoms with Crippen LogP contribution in [0.15, 0.2) is 76.6 Å². The zero-order chi connectivity index (χ0) is 22.5. The number of hydrogen-bond donors (Lipinski definition) is 1. The van der Waals surface area contributed by atoms with E-state index in [0.29, 0.717) is 32.3 Å². The minimum absolute atomic E-state index is 0.239. The molecule has 0 unspecified atom stereocenters. The molecule has 1 aliphatic rings. The van der Waals surface area contributed by atoms with Crippen molar-refractivity contribution in [2.24, 2.45) is 4.99 Å². The molecule has 0 aliphatic carbocycles. The van der Waals surface area contributed by atoms with Gasteiger partial charge in [-0.05, 0) is 65.4 Å². The summed E-state index contributed by atoms with van der Waals surface area (Å²) in [7, 11) is 1.54. The topological polar surface area (TPSA) is 59.9 Å². The summed E-state index contributed by atoms with van der Waals surface area (Å²) in [6, 6.07) is 18.6. The number of thioether (sulfide) groups is 1. The van der Waals surface area contributed by atoms with Gasteiger partial charge >= 0.3 is 0 Å². The fraction of sp³-hybridized carbons (Fsp3) is 0.0833. The molecule has 3 aromatic carbocycles. The number of carbonyl (C=O) groups excluding carboxylic acids is 1. The fourth-order valence-corrected chi connectivity index (χ4v) is 3.93. The largest absolute Gasteiger partial charge is 0.493 e. The Kier molecular flexibility index (Phi) is 6.78. The Bertz CT molecular complexity index is 1210. The molecule has 0 radical (unpaired) electrons. The Hall–Kier alpha value is -3.29. The number of halogens is 2. The second kappa shape index (κ2) is 9.89. The van der Waals surface area contributed by atoms with Crippen LogP contribution < -0.4 is 14.8 Å². The van der Waals surface area contributed by atoms with Gasteiger partial charge in [0.2, 0.25) is 0 Å². The molecule has 1 aliphatic heterocycles. The summed E-state index contributed by atoms with van der Waals surface area (Å²) in [4.78, 5) is 17.3. The van der Waals surface area contributed by atoms with Gasteiger partial charge in [0.1, 0.15) is 12.4 Å². The Morgan fingerprint density at radius 3 is 2.62 bits per heavy atom. The van der Waals surface area contributed by atoms with Crippen LogP contribution in [0.25, 0.3) is 6.08 Å². The van der Waals surface area contributed by atoms with Gasteiger partial charge in [0.05, 0.1) is 22.7 Å². The molecule has 1 saturated heterocycles. The zero-order valence-electron chi connectivity index (χ0n) is 17.0. The normalized spacial score (nSPS) is 15.8. The molecule has 32 heavy (non-hydrogen) atoms. The van der Waals surface area contributed by atoms with Crippen LogP contribution in [-0.2, 0) is 11.4 Å². The number of nitrogens with zero attached hydrogens (tertiary/aromatic N) is 1. The van der Waals surface area contributed by atoms with Crippen molar-refractivity contribution in [3.63, 3.8) is 0 Å².